The van der Waals surface area contributed by atoms with Crippen molar-refractivity contribution in [2.45, 2.75) is 51.9 Å². The summed E-state index contributed by atoms with van der Waals surface area (Å²) < 4.78 is 25.1. The summed E-state index contributed by atoms with van der Waals surface area (Å²) in [6, 6.07) is 13.2. The number of anilines is 2. The van der Waals surface area contributed by atoms with Crippen LogP contribution < -0.4 is 14.5 Å². The summed E-state index contributed by atoms with van der Waals surface area (Å²) in [7, 11) is 0. The molecule has 1 amide bonds. The fraction of sp³-hybridized carbons (Fsp3) is 0.500. The SMILES string of the molecule is [C-]#[N+]C[C@H]1CN(c2nc(OCC3CN(C(C)C)CCO3)nc3c2CCN(c2cccc4cccc(C)c24)C3)CCN1C(=O)/C=C/CF. The predicted octanol–water partition coefficient (Wildman–Crippen LogP) is 4.45. The Kier molecular flexibility index (Phi) is 10.2. The van der Waals surface area contributed by atoms with Gasteiger partial charge < -0.3 is 29.0 Å². The van der Waals surface area contributed by atoms with Crippen molar-refractivity contribution in [3.05, 3.63) is 76.8 Å². The number of alkyl halides is 1. The number of benzene rings is 2. The molecular formula is C36H44FN7O3. The number of fused-ring (bicyclic) bond motifs is 2. The lowest BCUT2D eigenvalue weighted by Gasteiger charge is -2.41. The molecule has 3 aromatic rings. The molecule has 3 aliphatic rings. The van der Waals surface area contributed by atoms with Gasteiger partial charge in [0.05, 0.1) is 18.8 Å². The maximum absolute atomic E-state index is 12.8. The van der Waals surface area contributed by atoms with Crippen molar-refractivity contribution < 1.29 is 18.7 Å². The van der Waals surface area contributed by atoms with Gasteiger partial charge >= 0.3 is 6.01 Å². The number of piperazine rings is 1. The minimum Gasteiger partial charge on any atom is -0.461 e. The van der Waals surface area contributed by atoms with Gasteiger partial charge in [-0.2, -0.15) is 9.97 Å². The van der Waals surface area contributed by atoms with Crippen LogP contribution in [-0.4, -0.2) is 110 Å². The minimum absolute atomic E-state index is 0.0839. The first-order valence-electron chi connectivity index (χ1n) is 16.6. The number of ether oxygens (including phenoxy) is 2. The third kappa shape index (κ3) is 7.19. The molecule has 6 rings (SSSR count). The summed E-state index contributed by atoms with van der Waals surface area (Å²) in [4.78, 5) is 35.1. The van der Waals surface area contributed by atoms with Crippen molar-refractivity contribution >= 4 is 28.2 Å². The standard InChI is InChI=1S/C36H44FN7O3/c1-25(2)41-18-19-46-29(22-41)24-47-36-39-31-23-42(32-11-6-10-27-9-5-8-26(3)34(27)32)15-13-30(31)35(40-36)43-16-17-44(28(21-43)20-38-4)33(45)12-7-14-37/h5-12,25,28-29H,13-24H2,1-3H3/b12-7+/t28-,29?/m0/s1. The zero-order valence-corrected chi connectivity index (χ0v) is 27.6. The van der Waals surface area contributed by atoms with E-state index in [1.54, 1.807) is 4.90 Å². The van der Waals surface area contributed by atoms with Crippen molar-refractivity contribution in [2.24, 2.45) is 0 Å². The highest BCUT2D eigenvalue weighted by Crippen LogP contribution is 2.36. The Morgan fingerprint density at radius 2 is 1.96 bits per heavy atom. The number of aryl methyl sites for hydroxylation is 1. The number of carbonyl (C=O) groups excluding carboxylic acids is 1. The lowest BCUT2D eigenvalue weighted by molar-refractivity contribution is -0.128. The molecule has 2 atom stereocenters. The van der Waals surface area contributed by atoms with Crippen LogP contribution in [0.5, 0.6) is 6.01 Å². The zero-order chi connectivity index (χ0) is 32.9. The Bertz CT molecular complexity index is 1650. The molecule has 0 bridgehead atoms. The number of hydrogen-bond acceptors (Lipinski definition) is 8. The van der Waals surface area contributed by atoms with Crippen LogP contribution in [0.4, 0.5) is 15.9 Å². The van der Waals surface area contributed by atoms with Gasteiger partial charge in [-0.25, -0.2) is 11.0 Å². The summed E-state index contributed by atoms with van der Waals surface area (Å²) in [5.41, 5.74) is 4.41. The maximum Gasteiger partial charge on any atom is 0.318 e. The van der Waals surface area contributed by atoms with Gasteiger partial charge in [0.2, 0.25) is 12.5 Å². The number of allylic oxidation sites excluding steroid dienone is 1. The second-order valence-electron chi connectivity index (χ2n) is 12.8. The van der Waals surface area contributed by atoms with Crippen molar-refractivity contribution in [1.29, 1.82) is 0 Å². The van der Waals surface area contributed by atoms with Crippen LogP contribution in [0.2, 0.25) is 0 Å². The molecule has 2 saturated heterocycles. The number of carbonyl (C=O) groups is 1. The first kappa shape index (κ1) is 32.7. The molecule has 1 aromatic heterocycles. The molecule has 0 N–H and O–H groups in total. The van der Waals surface area contributed by atoms with Gasteiger partial charge in [0.1, 0.15) is 31.2 Å². The lowest BCUT2D eigenvalue weighted by Crippen LogP contribution is -2.56. The third-order valence-electron chi connectivity index (χ3n) is 9.47. The Labute approximate surface area is 276 Å². The Morgan fingerprint density at radius 3 is 2.74 bits per heavy atom. The smallest absolute Gasteiger partial charge is 0.318 e. The van der Waals surface area contributed by atoms with E-state index in [2.05, 4.69) is 76.7 Å². The maximum atomic E-state index is 12.8. The summed E-state index contributed by atoms with van der Waals surface area (Å²) in [5.74, 6) is 0.530. The van der Waals surface area contributed by atoms with Gasteiger partial charge in [-0.3, -0.25) is 9.69 Å². The van der Waals surface area contributed by atoms with E-state index in [9.17, 15) is 9.18 Å². The Hall–Kier alpha value is -4.27. The van der Waals surface area contributed by atoms with Gasteiger partial charge in [-0.15, -0.1) is 0 Å². The third-order valence-corrected chi connectivity index (χ3v) is 9.47. The summed E-state index contributed by atoms with van der Waals surface area (Å²) in [6.45, 7) is 19.0. The quantitative estimate of drug-likeness (QED) is 0.251. The van der Waals surface area contributed by atoms with E-state index in [1.807, 2.05) is 0 Å². The molecule has 0 aliphatic carbocycles. The number of hydrogen-bond donors (Lipinski definition) is 0. The van der Waals surface area contributed by atoms with Gasteiger partial charge in [0.25, 0.3) is 0 Å². The first-order chi connectivity index (χ1) is 22.9. The van der Waals surface area contributed by atoms with Crippen LogP contribution in [0.25, 0.3) is 15.6 Å². The van der Waals surface area contributed by atoms with Crippen molar-refractivity contribution in [2.75, 3.05) is 75.5 Å². The van der Waals surface area contributed by atoms with E-state index in [4.69, 9.17) is 26.0 Å². The predicted molar refractivity (Wildman–Crippen MR) is 182 cm³/mol. The van der Waals surface area contributed by atoms with Crippen LogP contribution >= 0.6 is 0 Å². The molecule has 47 heavy (non-hydrogen) atoms. The molecule has 3 aliphatic heterocycles. The van der Waals surface area contributed by atoms with Crippen LogP contribution in [0.3, 0.4) is 0 Å². The van der Waals surface area contributed by atoms with Crippen LogP contribution in [-0.2, 0) is 22.5 Å². The number of amides is 1. The Balaban J connectivity index is 1.31. The van der Waals surface area contributed by atoms with E-state index in [0.29, 0.717) is 51.4 Å². The van der Waals surface area contributed by atoms with E-state index in [-0.39, 0.29) is 24.6 Å². The summed E-state index contributed by atoms with van der Waals surface area (Å²) >= 11 is 0. The molecular weight excluding hydrogens is 597 g/mol. The molecule has 0 spiro atoms. The summed E-state index contributed by atoms with van der Waals surface area (Å²) in [6.07, 6.45) is 3.14. The number of halogens is 1. The number of nitrogens with zero attached hydrogens (tertiary/aromatic N) is 7. The topological polar surface area (TPSA) is 78.6 Å². The van der Waals surface area contributed by atoms with Gasteiger partial charge in [-0.05, 0) is 50.3 Å². The number of rotatable bonds is 9. The van der Waals surface area contributed by atoms with Crippen LogP contribution in [0.15, 0.2) is 48.6 Å². The fourth-order valence-corrected chi connectivity index (χ4v) is 7.01. The molecule has 0 radical (unpaired) electrons. The second-order valence-corrected chi connectivity index (χ2v) is 12.8. The number of aromatic nitrogens is 2. The minimum atomic E-state index is -0.703. The van der Waals surface area contributed by atoms with Crippen LogP contribution in [0, 0.1) is 13.5 Å². The normalized spacial score (nSPS) is 20.6. The van der Waals surface area contributed by atoms with E-state index in [1.165, 1.54) is 34.2 Å². The highest BCUT2D eigenvalue weighted by atomic mass is 19.1. The first-order valence-corrected chi connectivity index (χ1v) is 16.6. The van der Waals surface area contributed by atoms with Gasteiger partial charge in [0, 0.05) is 68.0 Å². The van der Waals surface area contributed by atoms with Crippen molar-refractivity contribution in [3.63, 3.8) is 0 Å². The average molecular weight is 642 g/mol. The molecule has 2 fully saturated rings. The molecule has 4 heterocycles. The Morgan fingerprint density at radius 1 is 1.13 bits per heavy atom. The largest absolute Gasteiger partial charge is 0.461 e. The fourth-order valence-electron chi connectivity index (χ4n) is 7.01. The molecule has 11 heteroatoms. The number of morpholine rings is 1. The van der Waals surface area contributed by atoms with Crippen molar-refractivity contribution in [3.8, 4) is 6.01 Å². The highest BCUT2D eigenvalue weighted by molar-refractivity contribution is 5.97. The average Bonchev–Trinajstić information content (AvgIpc) is 3.09. The molecule has 1 unspecified atom stereocenters. The lowest BCUT2D eigenvalue weighted by atomic mass is 9.99. The molecule has 0 saturated carbocycles. The van der Waals surface area contributed by atoms with Crippen LogP contribution in [0.1, 0.15) is 30.7 Å². The zero-order valence-electron chi connectivity index (χ0n) is 27.6. The second kappa shape index (κ2) is 14.7. The van der Waals surface area contributed by atoms with E-state index >= 15 is 0 Å². The van der Waals surface area contributed by atoms with Crippen molar-refractivity contribution in [1.82, 2.24) is 19.8 Å². The summed E-state index contributed by atoms with van der Waals surface area (Å²) in [5, 5.41) is 2.46. The molecule has 2 aromatic carbocycles. The van der Waals surface area contributed by atoms with E-state index < -0.39 is 6.67 Å². The van der Waals surface area contributed by atoms with E-state index in [0.717, 1.165) is 43.1 Å². The van der Waals surface area contributed by atoms with Gasteiger partial charge in [-0.1, -0.05) is 30.3 Å². The monoisotopic (exact) mass is 641 g/mol. The van der Waals surface area contributed by atoms with Gasteiger partial charge in [0.15, 0.2) is 0 Å². The molecule has 10 nitrogen and oxygen atoms in total. The highest BCUT2D eigenvalue weighted by Gasteiger charge is 2.35. The molecule has 248 valence electrons.